The first kappa shape index (κ1) is 16.0. The van der Waals surface area contributed by atoms with E-state index in [0.717, 1.165) is 41.0 Å². The number of sulfonamides is 1. The lowest BCUT2D eigenvalue weighted by Crippen LogP contribution is -2.35. The van der Waals surface area contributed by atoms with Crippen molar-refractivity contribution in [3.63, 3.8) is 0 Å². The number of nitrogens with zero attached hydrogens (tertiary/aromatic N) is 1. The van der Waals surface area contributed by atoms with Crippen LogP contribution in [-0.2, 0) is 16.4 Å². The van der Waals surface area contributed by atoms with Gasteiger partial charge in [0.05, 0.1) is 15.5 Å². The molecule has 23 heavy (non-hydrogen) atoms. The summed E-state index contributed by atoms with van der Waals surface area (Å²) in [7, 11) is -2.12. The van der Waals surface area contributed by atoms with Crippen molar-refractivity contribution >= 4 is 33.0 Å². The molecule has 122 valence electrons. The van der Waals surface area contributed by atoms with Crippen LogP contribution in [-0.4, -0.2) is 27.9 Å². The highest BCUT2D eigenvalue weighted by molar-refractivity contribution is 7.93. The van der Waals surface area contributed by atoms with E-state index in [1.165, 1.54) is 22.8 Å². The summed E-state index contributed by atoms with van der Waals surface area (Å²) in [5.41, 5.74) is 2.93. The van der Waals surface area contributed by atoms with Gasteiger partial charge in [0.2, 0.25) is 0 Å². The number of rotatable bonds is 3. The summed E-state index contributed by atoms with van der Waals surface area (Å²) in [5, 5.41) is 4.04. The van der Waals surface area contributed by atoms with Crippen molar-refractivity contribution < 1.29 is 13.2 Å². The van der Waals surface area contributed by atoms with Gasteiger partial charge in [-0.25, -0.2) is 8.42 Å². The highest BCUT2D eigenvalue weighted by Crippen LogP contribution is 2.33. The van der Waals surface area contributed by atoms with E-state index in [1.807, 2.05) is 25.1 Å². The minimum absolute atomic E-state index is 0.175. The average Bonchev–Trinajstić information content (AvgIpc) is 3.04. The fraction of sp³-hybridized carbons (Fsp3) is 0.312. The van der Waals surface area contributed by atoms with Gasteiger partial charge < -0.3 is 5.32 Å². The first-order chi connectivity index (χ1) is 10.9. The quantitative estimate of drug-likeness (QED) is 0.925. The third kappa shape index (κ3) is 2.86. The average molecular weight is 350 g/mol. The smallest absolute Gasteiger partial charge is 0.265 e. The molecule has 0 fully saturated rings. The Kier molecular flexibility index (Phi) is 4.16. The van der Waals surface area contributed by atoms with Gasteiger partial charge in [-0.1, -0.05) is 17.7 Å². The van der Waals surface area contributed by atoms with Gasteiger partial charge >= 0.3 is 0 Å². The molecule has 1 aliphatic rings. The zero-order valence-corrected chi connectivity index (χ0v) is 14.6. The van der Waals surface area contributed by atoms with Crippen molar-refractivity contribution in [2.45, 2.75) is 24.7 Å². The topological polar surface area (TPSA) is 66.5 Å². The molecule has 3 rings (SSSR count). The fourth-order valence-corrected chi connectivity index (χ4v) is 5.51. The van der Waals surface area contributed by atoms with Crippen LogP contribution < -0.4 is 9.62 Å². The lowest BCUT2D eigenvalue weighted by Gasteiger charge is -2.30. The van der Waals surface area contributed by atoms with Crippen LogP contribution in [0.5, 0.6) is 0 Å². The summed E-state index contributed by atoms with van der Waals surface area (Å²) in [6.45, 7) is 2.46. The number of carbonyl (C=O) groups is 1. The molecule has 1 aromatic heterocycles. The summed E-state index contributed by atoms with van der Waals surface area (Å²) in [6, 6.07) is 7.28. The van der Waals surface area contributed by atoms with Gasteiger partial charge in [0.25, 0.3) is 15.9 Å². The Morgan fingerprint density at radius 2 is 2.09 bits per heavy atom. The van der Waals surface area contributed by atoms with E-state index >= 15 is 0 Å². The Morgan fingerprint density at radius 3 is 2.83 bits per heavy atom. The Labute approximate surface area is 140 Å². The number of carbonyl (C=O) groups excluding carboxylic acids is 1. The maximum absolute atomic E-state index is 13.0. The van der Waals surface area contributed by atoms with Crippen molar-refractivity contribution in [2.75, 3.05) is 17.9 Å². The summed E-state index contributed by atoms with van der Waals surface area (Å²) in [4.78, 5) is 12.2. The molecule has 7 heteroatoms. The molecule has 0 bridgehead atoms. The minimum Gasteiger partial charge on any atom is -0.354 e. The van der Waals surface area contributed by atoms with E-state index in [4.69, 9.17) is 0 Å². The minimum atomic E-state index is -3.65. The largest absolute Gasteiger partial charge is 0.354 e. The molecule has 2 aromatic rings. The van der Waals surface area contributed by atoms with Crippen molar-refractivity contribution in [1.29, 1.82) is 0 Å². The van der Waals surface area contributed by atoms with Crippen molar-refractivity contribution in [3.8, 4) is 0 Å². The van der Waals surface area contributed by atoms with Crippen LogP contribution in [0.3, 0.4) is 0 Å². The first-order valence-corrected chi connectivity index (χ1v) is 9.68. The van der Waals surface area contributed by atoms with Crippen LogP contribution in [0.4, 0.5) is 5.69 Å². The summed E-state index contributed by atoms with van der Waals surface area (Å²) in [5.74, 6) is -0.272. The third-order valence-electron chi connectivity index (χ3n) is 3.93. The van der Waals surface area contributed by atoms with Crippen molar-refractivity contribution in [3.05, 3.63) is 45.6 Å². The SMILES string of the molecule is CNC(=O)c1cc(S(=O)(=O)N2CCCc3cc(C)ccc32)cs1. The van der Waals surface area contributed by atoms with Crippen LogP contribution in [0.15, 0.2) is 34.5 Å². The molecule has 1 aromatic carbocycles. The molecule has 0 saturated heterocycles. The van der Waals surface area contributed by atoms with Crippen molar-refractivity contribution in [1.82, 2.24) is 5.32 Å². The molecule has 0 spiro atoms. The molecule has 0 radical (unpaired) electrons. The highest BCUT2D eigenvalue weighted by Gasteiger charge is 2.30. The van der Waals surface area contributed by atoms with Gasteiger partial charge in [-0.05, 0) is 37.5 Å². The van der Waals surface area contributed by atoms with Gasteiger partial charge in [0, 0.05) is 19.0 Å². The maximum atomic E-state index is 13.0. The Balaban J connectivity index is 2.01. The molecule has 0 unspecified atom stereocenters. The predicted molar refractivity (Wildman–Crippen MR) is 91.7 cm³/mol. The van der Waals surface area contributed by atoms with Gasteiger partial charge in [-0.15, -0.1) is 11.3 Å². The van der Waals surface area contributed by atoms with E-state index < -0.39 is 10.0 Å². The third-order valence-corrected chi connectivity index (χ3v) is 6.79. The zero-order valence-electron chi connectivity index (χ0n) is 13.0. The van der Waals surface area contributed by atoms with E-state index in [0.29, 0.717) is 11.4 Å². The molecule has 0 aliphatic carbocycles. The monoisotopic (exact) mass is 350 g/mol. The number of nitrogens with one attached hydrogen (secondary N) is 1. The first-order valence-electron chi connectivity index (χ1n) is 7.36. The Bertz CT molecular complexity index is 856. The van der Waals surface area contributed by atoms with Gasteiger partial charge in [0.15, 0.2) is 0 Å². The number of benzene rings is 1. The number of fused-ring (bicyclic) bond motifs is 1. The van der Waals surface area contributed by atoms with Gasteiger partial charge in [-0.3, -0.25) is 9.10 Å². The van der Waals surface area contributed by atoms with Crippen LogP contribution in [0.1, 0.15) is 27.2 Å². The second kappa shape index (κ2) is 5.98. The van der Waals surface area contributed by atoms with E-state index in [1.54, 1.807) is 0 Å². The lowest BCUT2D eigenvalue weighted by molar-refractivity contribution is 0.0967. The van der Waals surface area contributed by atoms with Crippen molar-refractivity contribution in [2.24, 2.45) is 0 Å². The highest BCUT2D eigenvalue weighted by atomic mass is 32.2. The van der Waals surface area contributed by atoms with E-state index in [-0.39, 0.29) is 10.8 Å². The summed E-state index contributed by atoms with van der Waals surface area (Å²) >= 11 is 1.14. The Morgan fingerprint density at radius 1 is 1.30 bits per heavy atom. The number of aryl methyl sites for hydroxylation is 2. The molecular weight excluding hydrogens is 332 g/mol. The predicted octanol–water partition coefficient (Wildman–Crippen LogP) is 2.56. The summed E-state index contributed by atoms with van der Waals surface area (Å²) < 4.78 is 27.4. The van der Waals surface area contributed by atoms with Crippen LogP contribution in [0, 0.1) is 6.92 Å². The number of hydrogen-bond acceptors (Lipinski definition) is 4. The molecule has 0 atom stereocenters. The molecular formula is C16H18N2O3S2. The van der Waals surface area contributed by atoms with Crippen LogP contribution >= 0.6 is 11.3 Å². The fourth-order valence-electron chi connectivity index (χ4n) is 2.76. The number of anilines is 1. The van der Waals surface area contributed by atoms with E-state index in [9.17, 15) is 13.2 Å². The molecule has 0 saturated carbocycles. The maximum Gasteiger partial charge on any atom is 0.265 e. The second-order valence-electron chi connectivity index (χ2n) is 5.54. The number of thiophene rings is 1. The van der Waals surface area contributed by atoms with Gasteiger partial charge in [0.1, 0.15) is 0 Å². The number of hydrogen-bond donors (Lipinski definition) is 1. The Hall–Kier alpha value is -1.86. The molecule has 1 aliphatic heterocycles. The molecule has 1 amide bonds. The normalized spacial score (nSPS) is 14.4. The van der Waals surface area contributed by atoms with Gasteiger partial charge in [-0.2, -0.15) is 0 Å². The summed E-state index contributed by atoms with van der Waals surface area (Å²) in [6.07, 6.45) is 1.68. The standard InChI is InChI=1S/C16H18N2O3S2/c1-11-5-6-14-12(8-11)4-3-7-18(14)23(20,21)13-9-15(22-10-13)16(19)17-2/h5-6,8-10H,3-4,7H2,1-2H3,(H,17,19). The van der Waals surface area contributed by atoms with Crippen LogP contribution in [0.2, 0.25) is 0 Å². The molecule has 1 N–H and O–H groups in total. The second-order valence-corrected chi connectivity index (χ2v) is 8.31. The molecule has 2 heterocycles. The van der Waals surface area contributed by atoms with E-state index in [2.05, 4.69) is 5.32 Å². The number of amides is 1. The zero-order chi connectivity index (χ0) is 16.6. The lowest BCUT2D eigenvalue weighted by atomic mass is 10.0. The van der Waals surface area contributed by atoms with Crippen LogP contribution in [0.25, 0.3) is 0 Å². The molecule has 5 nitrogen and oxygen atoms in total.